The SMILES string of the molecule is Cc1cccc(C)c1N(c1cccc(C(C)C)c1)c1ccc2cc3c(cc2c1)-c1cc2ccc(-c4ccc(C(C)(C)C)cc4)cc2cc1-3. The highest BCUT2D eigenvalue weighted by molar-refractivity contribution is 6.12. The van der Waals surface area contributed by atoms with E-state index >= 15 is 0 Å². The van der Waals surface area contributed by atoms with E-state index < -0.39 is 0 Å². The smallest absolute Gasteiger partial charge is 0.0519 e. The van der Waals surface area contributed by atoms with E-state index in [0.29, 0.717) is 5.92 Å². The first-order chi connectivity index (χ1) is 23.0. The number of anilines is 3. The molecule has 0 saturated heterocycles. The maximum atomic E-state index is 2.45. The van der Waals surface area contributed by atoms with Crippen LogP contribution in [0, 0.1) is 13.8 Å². The van der Waals surface area contributed by atoms with Crippen molar-refractivity contribution in [1.29, 1.82) is 0 Å². The van der Waals surface area contributed by atoms with Crippen molar-refractivity contribution in [2.75, 3.05) is 4.90 Å². The van der Waals surface area contributed by atoms with Crippen LogP contribution >= 0.6 is 0 Å². The van der Waals surface area contributed by atoms with Crippen molar-refractivity contribution in [2.24, 2.45) is 0 Å². The van der Waals surface area contributed by atoms with Crippen LogP contribution in [0.25, 0.3) is 54.9 Å². The number of benzene rings is 7. The molecule has 7 aromatic rings. The maximum Gasteiger partial charge on any atom is 0.0519 e. The summed E-state index contributed by atoms with van der Waals surface area (Å²) in [6, 6.07) is 48.1. The quantitative estimate of drug-likeness (QED) is 0.185. The summed E-state index contributed by atoms with van der Waals surface area (Å²) in [4.78, 5) is 2.45. The molecule has 0 aromatic heterocycles. The van der Waals surface area contributed by atoms with Gasteiger partial charge in [-0.3, -0.25) is 0 Å². The first-order valence-electron chi connectivity index (χ1n) is 17.3. The zero-order valence-electron chi connectivity index (χ0n) is 29.1. The van der Waals surface area contributed by atoms with Crippen molar-refractivity contribution in [3.8, 4) is 33.4 Å². The van der Waals surface area contributed by atoms with Gasteiger partial charge < -0.3 is 4.90 Å². The minimum atomic E-state index is 0.155. The number of nitrogens with zero attached hydrogens (tertiary/aromatic N) is 1. The number of aryl methyl sites for hydroxylation is 2. The molecule has 0 fully saturated rings. The summed E-state index contributed by atoms with van der Waals surface area (Å²) in [6.07, 6.45) is 0. The molecule has 1 heteroatoms. The number of hydrogen-bond acceptors (Lipinski definition) is 1. The van der Waals surface area contributed by atoms with Gasteiger partial charge in [-0.25, -0.2) is 0 Å². The van der Waals surface area contributed by atoms with Gasteiger partial charge in [-0.2, -0.15) is 0 Å². The Balaban J connectivity index is 1.19. The van der Waals surface area contributed by atoms with Gasteiger partial charge in [0.05, 0.1) is 5.69 Å². The van der Waals surface area contributed by atoms with Gasteiger partial charge in [0.15, 0.2) is 0 Å². The lowest BCUT2D eigenvalue weighted by Gasteiger charge is -2.30. The Morgan fingerprint density at radius 2 is 1.00 bits per heavy atom. The van der Waals surface area contributed by atoms with E-state index in [1.54, 1.807) is 0 Å². The van der Waals surface area contributed by atoms with E-state index in [9.17, 15) is 0 Å². The molecular formula is C47H43N. The van der Waals surface area contributed by atoms with Gasteiger partial charge in [-0.15, -0.1) is 0 Å². The van der Waals surface area contributed by atoms with Gasteiger partial charge in [0, 0.05) is 11.4 Å². The number of fused-ring (bicyclic) bond motifs is 6. The highest BCUT2D eigenvalue weighted by Crippen LogP contribution is 2.51. The first-order valence-corrected chi connectivity index (χ1v) is 17.3. The molecule has 0 N–H and O–H groups in total. The largest absolute Gasteiger partial charge is 0.310 e. The molecule has 0 heterocycles. The number of rotatable bonds is 5. The van der Waals surface area contributed by atoms with Gasteiger partial charge >= 0.3 is 0 Å². The minimum absolute atomic E-state index is 0.155. The predicted molar refractivity (Wildman–Crippen MR) is 208 cm³/mol. The normalized spacial score (nSPS) is 12.2. The molecule has 0 atom stereocenters. The van der Waals surface area contributed by atoms with Crippen molar-refractivity contribution >= 4 is 38.6 Å². The lowest BCUT2D eigenvalue weighted by atomic mass is 9.77. The van der Waals surface area contributed by atoms with E-state index in [-0.39, 0.29) is 5.41 Å². The van der Waals surface area contributed by atoms with Crippen LogP contribution in [-0.4, -0.2) is 0 Å². The van der Waals surface area contributed by atoms with E-state index in [1.807, 2.05) is 0 Å². The van der Waals surface area contributed by atoms with Crippen molar-refractivity contribution in [1.82, 2.24) is 0 Å². The van der Waals surface area contributed by atoms with E-state index in [4.69, 9.17) is 0 Å². The van der Waals surface area contributed by atoms with Crippen LogP contribution < -0.4 is 4.90 Å². The Bertz CT molecular complexity index is 2350. The lowest BCUT2D eigenvalue weighted by Crippen LogP contribution is -2.13. The third kappa shape index (κ3) is 5.10. The molecule has 8 rings (SSSR count). The molecule has 7 aromatic carbocycles. The standard InChI is InChI=1S/C47H43N/c1-29(2)33-12-9-13-40(23-33)48(46-30(3)10-8-11-31(46)4)41-21-18-36-26-43-44-27-37-22-34(32-16-19-39(20-17-32)47(5,6)7)14-15-35(37)25-42(44)45(43)28-38(36)24-41/h8-29H,1-7H3. The Hall–Kier alpha value is -5.14. The second-order valence-electron chi connectivity index (χ2n) is 15.0. The topological polar surface area (TPSA) is 3.24 Å². The van der Waals surface area contributed by atoms with Crippen LogP contribution in [0.4, 0.5) is 17.1 Å². The molecule has 0 amide bonds. The Morgan fingerprint density at radius 1 is 0.479 bits per heavy atom. The molecule has 0 unspecified atom stereocenters. The molecule has 0 bridgehead atoms. The Morgan fingerprint density at radius 3 is 1.60 bits per heavy atom. The third-order valence-corrected chi connectivity index (χ3v) is 10.3. The van der Waals surface area contributed by atoms with Crippen molar-refractivity contribution in [3.05, 3.63) is 150 Å². The second kappa shape index (κ2) is 11.2. The molecule has 1 aliphatic rings. The average molecular weight is 622 g/mol. The summed E-state index contributed by atoms with van der Waals surface area (Å²) in [5.41, 5.74) is 17.0. The predicted octanol–water partition coefficient (Wildman–Crippen LogP) is 13.8. The molecule has 236 valence electrons. The van der Waals surface area contributed by atoms with Crippen molar-refractivity contribution in [3.63, 3.8) is 0 Å². The van der Waals surface area contributed by atoms with Crippen molar-refractivity contribution in [2.45, 2.75) is 59.8 Å². The lowest BCUT2D eigenvalue weighted by molar-refractivity contribution is 0.590. The molecule has 1 aliphatic carbocycles. The molecule has 0 radical (unpaired) electrons. The molecule has 0 spiro atoms. The summed E-state index contributed by atoms with van der Waals surface area (Å²) in [7, 11) is 0. The summed E-state index contributed by atoms with van der Waals surface area (Å²) >= 11 is 0. The Kier molecular flexibility index (Phi) is 7.07. The molecule has 0 saturated carbocycles. The van der Waals surface area contributed by atoms with Crippen LogP contribution in [0.3, 0.4) is 0 Å². The summed E-state index contributed by atoms with van der Waals surface area (Å²) in [5, 5.41) is 5.12. The van der Waals surface area contributed by atoms with Gasteiger partial charge in [0.25, 0.3) is 0 Å². The Labute approximate surface area is 285 Å². The zero-order valence-corrected chi connectivity index (χ0v) is 29.1. The molecular weight excluding hydrogens is 579 g/mol. The fraction of sp³-hybridized carbons (Fsp3) is 0.191. The summed E-state index contributed by atoms with van der Waals surface area (Å²) in [5.74, 6) is 0.461. The zero-order chi connectivity index (χ0) is 33.3. The van der Waals surface area contributed by atoms with Crippen LogP contribution in [0.2, 0.25) is 0 Å². The maximum absolute atomic E-state index is 2.45. The fourth-order valence-electron chi connectivity index (χ4n) is 7.48. The average Bonchev–Trinajstić information content (AvgIpc) is 3.07. The van der Waals surface area contributed by atoms with E-state index in [0.717, 1.165) is 0 Å². The monoisotopic (exact) mass is 621 g/mol. The van der Waals surface area contributed by atoms with Crippen molar-refractivity contribution < 1.29 is 0 Å². The highest BCUT2D eigenvalue weighted by Gasteiger charge is 2.25. The first kappa shape index (κ1) is 30.2. The van der Waals surface area contributed by atoms with Crippen LogP contribution in [-0.2, 0) is 5.41 Å². The van der Waals surface area contributed by atoms with Crippen LogP contribution in [0.5, 0.6) is 0 Å². The molecule has 1 nitrogen and oxygen atoms in total. The summed E-state index contributed by atoms with van der Waals surface area (Å²) in [6.45, 7) is 15.8. The van der Waals surface area contributed by atoms with Gasteiger partial charge in [-0.05, 0) is 157 Å². The number of hydrogen-bond donors (Lipinski definition) is 0. The fourth-order valence-corrected chi connectivity index (χ4v) is 7.48. The van der Waals surface area contributed by atoms with E-state index in [2.05, 4.69) is 181 Å². The highest BCUT2D eigenvalue weighted by atomic mass is 15.1. The minimum Gasteiger partial charge on any atom is -0.310 e. The van der Waals surface area contributed by atoms with Gasteiger partial charge in [-0.1, -0.05) is 107 Å². The molecule has 0 aliphatic heterocycles. The number of para-hydroxylation sites is 1. The van der Waals surface area contributed by atoms with Gasteiger partial charge in [0.1, 0.15) is 0 Å². The second-order valence-corrected chi connectivity index (χ2v) is 15.0. The van der Waals surface area contributed by atoms with E-state index in [1.165, 1.54) is 94.2 Å². The third-order valence-electron chi connectivity index (χ3n) is 10.3. The van der Waals surface area contributed by atoms with Crippen LogP contribution in [0.15, 0.2) is 127 Å². The molecule has 48 heavy (non-hydrogen) atoms. The van der Waals surface area contributed by atoms with Crippen LogP contribution in [0.1, 0.15) is 62.8 Å². The summed E-state index contributed by atoms with van der Waals surface area (Å²) < 4.78 is 0. The van der Waals surface area contributed by atoms with Gasteiger partial charge in [0.2, 0.25) is 0 Å².